The lowest BCUT2D eigenvalue weighted by molar-refractivity contribution is -0.384. The summed E-state index contributed by atoms with van der Waals surface area (Å²) in [5.41, 5.74) is 2.62. The molecule has 1 fully saturated rings. The number of amides is 1. The number of aromatic nitrogens is 2. The van der Waals surface area contributed by atoms with Crippen molar-refractivity contribution in [3.63, 3.8) is 0 Å². The number of anilines is 1. The van der Waals surface area contributed by atoms with Crippen molar-refractivity contribution < 1.29 is 9.72 Å². The fraction of sp³-hybridized carbons (Fsp3) is 0.391. The van der Waals surface area contributed by atoms with Crippen molar-refractivity contribution in [1.82, 2.24) is 19.4 Å². The van der Waals surface area contributed by atoms with Crippen molar-refractivity contribution in [2.75, 3.05) is 38.5 Å². The summed E-state index contributed by atoms with van der Waals surface area (Å²) in [5, 5.41) is 13.8. The Morgan fingerprint density at radius 1 is 1.16 bits per heavy atom. The van der Waals surface area contributed by atoms with Crippen molar-refractivity contribution in [3.05, 3.63) is 64.0 Å². The molecule has 9 heteroatoms. The standard InChI is InChI=1S/C23H28N6O3/c1-3-9-28-21-8-7-18(24-23(30)17-5-4-6-19(14-17)29(31)32)15-20(21)25-22(28)16-27-12-10-26(2)11-13-27/h4-8,14-15H,3,9-13,16H2,1-2H3,(H,24,30). The summed E-state index contributed by atoms with van der Waals surface area (Å²) in [6.45, 7) is 8.01. The third-order valence-corrected chi connectivity index (χ3v) is 5.81. The lowest BCUT2D eigenvalue weighted by Crippen LogP contribution is -2.44. The molecule has 3 aromatic rings. The average Bonchev–Trinajstić information content (AvgIpc) is 3.12. The molecule has 1 aromatic heterocycles. The summed E-state index contributed by atoms with van der Waals surface area (Å²) in [4.78, 5) is 32.7. The van der Waals surface area contributed by atoms with Crippen LogP contribution in [0.4, 0.5) is 11.4 Å². The summed E-state index contributed by atoms with van der Waals surface area (Å²) < 4.78 is 2.26. The molecule has 2 aromatic carbocycles. The number of piperazine rings is 1. The normalized spacial score (nSPS) is 15.2. The van der Waals surface area contributed by atoms with E-state index in [1.165, 1.54) is 18.2 Å². The molecule has 0 radical (unpaired) electrons. The molecule has 0 atom stereocenters. The molecule has 1 aliphatic rings. The third kappa shape index (κ3) is 4.79. The minimum atomic E-state index is -0.509. The Balaban J connectivity index is 1.56. The first kappa shape index (κ1) is 21.9. The van der Waals surface area contributed by atoms with Gasteiger partial charge < -0.3 is 14.8 Å². The summed E-state index contributed by atoms with van der Waals surface area (Å²) >= 11 is 0. The Kier molecular flexibility index (Phi) is 6.48. The molecule has 32 heavy (non-hydrogen) atoms. The van der Waals surface area contributed by atoms with Crippen LogP contribution in [0.25, 0.3) is 11.0 Å². The lowest BCUT2D eigenvalue weighted by Gasteiger charge is -2.32. The number of hydrogen-bond acceptors (Lipinski definition) is 6. The number of likely N-dealkylation sites (N-methyl/N-ethyl adjacent to an activating group) is 1. The van der Waals surface area contributed by atoms with E-state index in [-0.39, 0.29) is 11.3 Å². The number of nitro benzene ring substituents is 1. The van der Waals surface area contributed by atoms with Gasteiger partial charge in [-0.1, -0.05) is 13.0 Å². The van der Waals surface area contributed by atoms with Crippen molar-refractivity contribution in [1.29, 1.82) is 0 Å². The molecule has 168 valence electrons. The molecule has 1 saturated heterocycles. The smallest absolute Gasteiger partial charge is 0.270 e. The highest BCUT2D eigenvalue weighted by molar-refractivity contribution is 6.05. The van der Waals surface area contributed by atoms with Gasteiger partial charge in [-0.25, -0.2) is 4.98 Å². The SMILES string of the molecule is CCCn1c(CN2CCN(C)CC2)nc2cc(NC(=O)c3cccc([N+](=O)[O-])c3)ccc21. The zero-order valence-corrected chi connectivity index (χ0v) is 18.5. The Hall–Kier alpha value is -3.30. The topological polar surface area (TPSA) is 96.5 Å². The Morgan fingerprint density at radius 2 is 1.94 bits per heavy atom. The number of nitrogens with zero attached hydrogens (tertiary/aromatic N) is 5. The van der Waals surface area contributed by atoms with Crippen LogP contribution in [0.1, 0.15) is 29.5 Å². The number of fused-ring (bicyclic) bond motifs is 1. The minimum Gasteiger partial charge on any atom is -0.327 e. The van der Waals surface area contributed by atoms with Gasteiger partial charge in [0.25, 0.3) is 11.6 Å². The van der Waals surface area contributed by atoms with Gasteiger partial charge in [0.15, 0.2) is 0 Å². The second kappa shape index (κ2) is 9.46. The number of aryl methyl sites for hydroxylation is 1. The van der Waals surface area contributed by atoms with Crippen LogP contribution >= 0.6 is 0 Å². The van der Waals surface area contributed by atoms with Crippen molar-refractivity contribution in [3.8, 4) is 0 Å². The van der Waals surface area contributed by atoms with E-state index in [1.807, 2.05) is 18.2 Å². The highest BCUT2D eigenvalue weighted by Crippen LogP contribution is 2.23. The van der Waals surface area contributed by atoms with Crippen LogP contribution in [-0.2, 0) is 13.1 Å². The first-order valence-electron chi connectivity index (χ1n) is 10.9. The molecule has 0 saturated carbocycles. The van der Waals surface area contributed by atoms with Crippen molar-refractivity contribution >= 4 is 28.3 Å². The van der Waals surface area contributed by atoms with Gasteiger partial charge >= 0.3 is 0 Å². The van der Waals surface area contributed by atoms with Crippen LogP contribution in [0.2, 0.25) is 0 Å². The van der Waals surface area contributed by atoms with Crippen molar-refractivity contribution in [2.24, 2.45) is 0 Å². The maximum atomic E-state index is 12.6. The maximum absolute atomic E-state index is 12.6. The van der Waals surface area contributed by atoms with E-state index in [2.05, 4.69) is 33.7 Å². The van der Waals surface area contributed by atoms with Crippen LogP contribution in [0.3, 0.4) is 0 Å². The molecule has 1 amide bonds. The second-order valence-electron chi connectivity index (χ2n) is 8.22. The number of carbonyl (C=O) groups is 1. The van der Waals surface area contributed by atoms with E-state index in [4.69, 9.17) is 4.98 Å². The quantitative estimate of drug-likeness (QED) is 0.451. The zero-order chi connectivity index (χ0) is 22.7. The summed E-state index contributed by atoms with van der Waals surface area (Å²) in [5.74, 6) is 0.646. The second-order valence-corrected chi connectivity index (χ2v) is 8.22. The molecule has 4 rings (SSSR count). The van der Waals surface area contributed by atoms with E-state index in [9.17, 15) is 14.9 Å². The molecule has 0 aliphatic carbocycles. The number of nitrogens with one attached hydrogen (secondary N) is 1. The van der Waals surface area contributed by atoms with Crippen LogP contribution in [-0.4, -0.2) is 63.4 Å². The molecule has 1 N–H and O–H groups in total. The molecular weight excluding hydrogens is 408 g/mol. The highest BCUT2D eigenvalue weighted by Gasteiger charge is 2.19. The van der Waals surface area contributed by atoms with E-state index in [0.717, 1.165) is 62.5 Å². The van der Waals surface area contributed by atoms with Crippen molar-refractivity contribution in [2.45, 2.75) is 26.4 Å². The van der Waals surface area contributed by atoms with Gasteiger partial charge in [0.05, 0.1) is 22.5 Å². The predicted molar refractivity (Wildman–Crippen MR) is 124 cm³/mol. The number of carbonyl (C=O) groups excluding carboxylic acids is 1. The summed E-state index contributed by atoms with van der Waals surface area (Å²) in [6.07, 6.45) is 1.01. The number of non-ortho nitro benzene ring substituents is 1. The van der Waals surface area contributed by atoms with Gasteiger partial charge in [0.1, 0.15) is 5.82 Å². The molecular formula is C23H28N6O3. The van der Waals surface area contributed by atoms with Crippen LogP contribution in [0, 0.1) is 10.1 Å². The molecule has 2 heterocycles. The van der Waals surface area contributed by atoms with E-state index in [1.54, 1.807) is 6.07 Å². The van der Waals surface area contributed by atoms with Gasteiger partial charge in [0, 0.05) is 56.1 Å². The molecule has 1 aliphatic heterocycles. The van der Waals surface area contributed by atoms with Gasteiger partial charge in [0.2, 0.25) is 0 Å². The highest BCUT2D eigenvalue weighted by atomic mass is 16.6. The maximum Gasteiger partial charge on any atom is 0.270 e. The summed E-state index contributed by atoms with van der Waals surface area (Å²) in [6, 6.07) is 11.4. The van der Waals surface area contributed by atoms with E-state index < -0.39 is 10.8 Å². The predicted octanol–water partition coefficient (Wildman–Crippen LogP) is 3.35. The number of nitro groups is 1. The molecule has 9 nitrogen and oxygen atoms in total. The molecule has 0 spiro atoms. The van der Waals surface area contributed by atoms with Crippen LogP contribution in [0.5, 0.6) is 0 Å². The number of rotatable bonds is 7. The first-order chi connectivity index (χ1) is 15.4. The first-order valence-corrected chi connectivity index (χ1v) is 10.9. The fourth-order valence-electron chi connectivity index (χ4n) is 4.02. The molecule has 0 unspecified atom stereocenters. The van der Waals surface area contributed by atoms with E-state index >= 15 is 0 Å². The molecule has 0 bridgehead atoms. The summed E-state index contributed by atoms with van der Waals surface area (Å²) in [7, 11) is 2.15. The van der Waals surface area contributed by atoms with E-state index in [0.29, 0.717) is 5.69 Å². The number of imidazole rings is 1. The number of hydrogen-bond donors (Lipinski definition) is 1. The number of benzene rings is 2. The third-order valence-electron chi connectivity index (χ3n) is 5.81. The minimum absolute atomic E-state index is 0.111. The van der Waals surface area contributed by atoms with Gasteiger partial charge in [-0.15, -0.1) is 0 Å². The largest absolute Gasteiger partial charge is 0.327 e. The fourth-order valence-corrected chi connectivity index (χ4v) is 4.02. The Labute approximate surface area is 186 Å². The zero-order valence-electron chi connectivity index (χ0n) is 18.5. The van der Waals surface area contributed by atoms with Gasteiger partial charge in [-0.05, 0) is 37.7 Å². The van der Waals surface area contributed by atoms with Gasteiger partial charge in [-0.2, -0.15) is 0 Å². The lowest BCUT2D eigenvalue weighted by atomic mass is 10.2. The van der Waals surface area contributed by atoms with Gasteiger partial charge in [-0.3, -0.25) is 19.8 Å². The van der Waals surface area contributed by atoms with Crippen LogP contribution < -0.4 is 5.32 Å². The van der Waals surface area contributed by atoms with Crippen LogP contribution in [0.15, 0.2) is 42.5 Å². The monoisotopic (exact) mass is 436 g/mol. The average molecular weight is 437 g/mol. The Morgan fingerprint density at radius 3 is 2.66 bits per heavy atom. The Bertz CT molecular complexity index is 1130.